The third-order valence-corrected chi connectivity index (χ3v) is 6.37. The summed E-state index contributed by atoms with van der Waals surface area (Å²) in [6.07, 6.45) is 2.12. The average molecular weight is 500 g/mol. The Morgan fingerprint density at radius 1 is 1.09 bits per heavy atom. The second-order valence-corrected chi connectivity index (χ2v) is 9.11. The fraction of sp³-hybridized carbons (Fsp3) is 0.400. The summed E-state index contributed by atoms with van der Waals surface area (Å²) in [5.74, 6) is -0.454. The molecule has 170 valence electrons. The standard InChI is InChI=1S/C25H30BrN3O3/c1-3-13-27-24(31)22(28-23(30)21-10-5-4-7-17(21)2)18-11-14-29(15-12-18)25(32)19-8-6-9-20(26)16-19/h4-10,16,18,22H,3,11-15H2,1-2H3,(H,27,31)(H,28,30). The number of piperidine rings is 1. The van der Waals surface area contributed by atoms with Crippen LogP contribution < -0.4 is 10.6 Å². The molecule has 0 saturated carbocycles. The van der Waals surface area contributed by atoms with E-state index in [1.807, 2.05) is 61.2 Å². The van der Waals surface area contributed by atoms with E-state index >= 15 is 0 Å². The first-order chi connectivity index (χ1) is 15.4. The Labute approximate surface area is 197 Å². The Hall–Kier alpha value is -2.67. The van der Waals surface area contributed by atoms with Crippen molar-refractivity contribution < 1.29 is 14.4 Å². The third kappa shape index (κ3) is 5.97. The number of hydrogen-bond acceptors (Lipinski definition) is 3. The van der Waals surface area contributed by atoms with Crippen LogP contribution in [0.25, 0.3) is 0 Å². The van der Waals surface area contributed by atoms with Gasteiger partial charge in [0.2, 0.25) is 5.91 Å². The van der Waals surface area contributed by atoms with Crippen LogP contribution in [0.3, 0.4) is 0 Å². The average Bonchev–Trinajstić information content (AvgIpc) is 2.81. The van der Waals surface area contributed by atoms with Gasteiger partial charge in [-0.1, -0.05) is 47.1 Å². The molecule has 2 aromatic rings. The molecule has 2 aromatic carbocycles. The zero-order valence-electron chi connectivity index (χ0n) is 18.6. The Kier molecular flexibility index (Phi) is 8.45. The second-order valence-electron chi connectivity index (χ2n) is 8.20. The molecule has 1 saturated heterocycles. The summed E-state index contributed by atoms with van der Waals surface area (Å²) < 4.78 is 0.866. The van der Waals surface area contributed by atoms with Crippen molar-refractivity contribution >= 4 is 33.7 Å². The van der Waals surface area contributed by atoms with E-state index in [9.17, 15) is 14.4 Å². The number of rotatable bonds is 7. The van der Waals surface area contributed by atoms with Crippen LogP contribution in [0.15, 0.2) is 53.0 Å². The molecule has 1 aliphatic rings. The summed E-state index contributed by atoms with van der Waals surface area (Å²) in [7, 11) is 0. The summed E-state index contributed by atoms with van der Waals surface area (Å²) in [6.45, 7) is 5.54. The van der Waals surface area contributed by atoms with Gasteiger partial charge in [0.05, 0.1) is 0 Å². The van der Waals surface area contributed by atoms with E-state index in [-0.39, 0.29) is 23.6 Å². The first kappa shape index (κ1) is 24.0. The number of aryl methyl sites for hydroxylation is 1. The van der Waals surface area contributed by atoms with E-state index in [1.165, 1.54) is 0 Å². The lowest BCUT2D eigenvalue weighted by Crippen LogP contribution is -2.54. The lowest BCUT2D eigenvalue weighted by molar-refractivity contribution is -0.124. The number of nitrogens with one attached hydrogen (secondary N) is 2. The number of nitrogens with zero attached hydrogens (tertiary/aromatic N) is 1. The smallest absolute Gasteiger partial charge is 0.253 e. The fourth-order valence-corrected chi connectivity index (χ4v) is 4.44. The molecule has 6 nitrogen and oxygen atoms in total. The Morgan fingerprint density at radius 3 is 2.47 bits per heavy atom. The van der Waals surface area contributed by atoms with Gasteiger partial charge < -0.3 is 15.5 Å². The van der Waals surface area contributed by atoms with Crippen molar-refractivity contribution in [2.24, 2.45) is 5.92 Å². The molecule has 3 rings (SSSR count). The minimum absolute atomic E-state index is 0.0133. The zero-order chi connectivity index (χ0) is 23.1. The van der Waals surface area contributed by atoms with Gasteiger partial charge in [-0.05, 0) is 61.9 Å². The number of carbonyl (C=O) groups is 3. The van der Waals surface area contributed by atoms with E-state index in [1.54, 1.807) is 6.07 Å². The maximum absolute atomic E-state index is 12.9. The van der Waals surface area contributed by atoms with Gasteiger partial charge in [-0.25, -0.2) is 0 Å². The van der Waals surface area contributed by atoms with E-state index < -0.39 is 6.04 Å². The molecule has 1 fully saturated rings. The number of amides is 3. The third-order valence-electron chi connectivity index (χ3n) is 5.88. The quantitative estimate of drug-likeness (QED) is 0.605. The number of carbonyl (C=O) groups excluding carboxylic acids is 3. The first-order valence-corrected chi connectivity index (χ1v) is 11.9. The van der Waals surface area contributed by atoms with Gasteiger partial charge in [0.15, 0.2) is 0 Å². The minimum atomic E-state index is -0.628. The van der Waals surface area contributed by atoms with Crippen molar-refractivity contribution in [2.45, 2.75) is 39.2 Å². The van der Waals surface area contributed by atoms with Crippen molar-refractivity contribution in [3.63, 3.8) is 0 Å². The first-order valence-electron chi connectivity index (χ1n) is 11.1. The van der Waals surface area contributed by atoms with E-state index in [4.69, 9.17) is 0 Å². The molecule has 0 radical (unpaired) electrons. The number of hydrogen-bond donors (Lipinski definition) is 2. The van der Waals surface area contributed by atoms with Crippen LogP contribution in [0.1, 0.15) is 52.5 Å². The highest BCUT2D eigenvalue weighted by Gasteiger charge is 2.34. The van der Waals surface area contributed by atoms with Crippen LogP contribution in [-0.4, -0.2) is 48.3 Å². The summed E-state index contributed by atoms with van der Waals surface area (Å²) in [5.41, 5.74) is 2.08. The summed E-state index contributed by atoms with van der Waals surface area (Å²) >= 11 is 3.41. The lowest BCUT2D eigenvalue weighted by Gasteiger charge is -2.36. The molecular formula is C25H30BrN3O3. The number of benzene rings is 2. The molecule has 7 heteroatoms. The molecular weight excluding hydrogens is 470 g/mol. The summed E-state index contributed by atoms with van der Waals surface area (Å²) in [4.78, 5) is 40.5. The largest absolute Gasteiger partial charge is 0.354 e. The Morgan fingerprint density at radius 2 is 1.81 bits per heavy atom. The van der Waals surface area contributed by atoms with Crippen LogP contribution in [0.2, 0.25) is 0 Å². The molecule has 0 aromatic heterocycles. The molecule has 3 amide bonds. The topological polar surface area (TPSA) is 78.5 Å². The number of halogens is 1. The van der Waals surface area contributed by atoms with Crippen molar-refractivity contribution in [3.8, 4) is 0 Å². The van der Waals surface area contributed by atoms with Crippen LogP contribution >= 0.6 is 15.9 Å². The maximum Gasteiger partial charge on any atom is 0.253 e. The highest BCUT2D eigenvalue weighted by Crippen LogP contribution is 2.24. The van der Waals surface area contributed by atoms with Crippen LogP contribution in [0.5, 0.6) is 0 Å². The number of likely N-dealkylation sites (tertiary alicyclic amines) is 1. The van der Waals surface area contributed by atoms with Gasteiger partial charge in [-0.15, -0.1) is 0 Å². The summed E-state index contributed by atoms with van der Waals surface area (Å²) in [6, 6.07) is 14.1. The van der Waals surface area contributed by atoms with Crippen molar-refractivity contribution in [3.05, 3.63) is 69.7 Å². The van der Waals surface area contributed by atoms with Gasteiger partial charge in [0.1, 0.15) is 6.04 Å². The van der Waals surface area contributed by atoms with Gasteiger partial charge in [0.25, 0.3) is 11.8 Å². The molecule has 2 N–H and O–H groups in total. The Bertz CT molecular complexity index is 970. The van der Waals surface area contributed by atoms with Crippen molar-refractivity contribution in [1.29, 1.82) is 0 Å². The van der Waals surface area contributed by atoms with Crippen molar-refractivity contribution in [2.75, 3.05) is 19.6 Å². The predicted molar refractivity (Wildman–Crippen MR) is 129 cm³/mol. The normalized spacial score (nSPS) is 15.2. The minimum Gasteiger partial charge on any atom is -0.354 e. The monoisotopic (exact) mass is 499 g/mol. The van der Waals surface area contributed by atoms with Crippen molar-refractivity contribution in [1.82, 2.24) is 15.5 Å². The molecule has 0 aliphatic carbocycles. The molecule has 1 heterocycles. The van der Waals surface area contributed by atoms with Gasteiger partial charge in [0, 0.05) is 35.2 Å². The molecule has 0 spiro atoms. The molecule has 1 atom stereocenters. The van der Waals surface area contributed by atoms with Crippen LogP contribution in [0.4, 0.5) is 0 Å². The lowest BCUT2D eigenvalue weighted by atomic mass is 9.88. The molecule has 1 aliphatic heterocycles. The fourth-order valence-electron chi connectivity index (χ4n) is 4.04. The summed E-state index contributed by atoms with van der Waals surface area (Å²) in [5, 5.41) is 5.90. The van der Waals surface area contributed by atoms with E-state index in [0.29, 0.717) is 43.6 Å². The SMILES string of the molecule is CCCNC(=O)C(NC(=O)c1ccccc1C)C1CCN(C(=O)c2cccc(Br)c2)CC1. The molecule has 32 heavy (non-hydrogen) atoms. The van der Waals surface area contributed by atoms with E-state index in [2.05, 4.69) is 26.6 Å². The molecule has 0 bridgehead atoms. The molecule has 1 unspecified atom stereocenters. The highest BCUT2D eigenvalue weighted by atomic mass is 79.9. The Balaban J connectivity index is 1.69. The zero-order valence-corrected chi connectivity index (χ0v) is 20.2. The van der Waals surface area contributed by atoms with Gasteiger partial charge in [-0.2, -0.15) is 0 Å². The maximum atomic E-state index is 12.9. The van der Waals surface area contributed by atoms with E-state index in [0.717, 1.165) is 16.5 Å². The second kappa shape index (κ2) is 11.3. The van der Waals surface area contributed by atoms with Crippen LogP contribution in [0, 0.1) is 12.8 Å². The van der Waals surface area contributed by atoms with Crippen LogP contribution in [-0.2, 0) is 4.79 Å². The highest BCUT2D eigenvalue weighted by molar-refractivity contribution is 9.10. The van der Waals surface area contributed by atoms with Gasteiger partial charge >= 0.3 is 0 Å². The van der Waals surface area contributed by atoms with Gasteiger partial charge in [-0.3, -0.25) is 14.4 Å². The predicted octanol–water partition coefficient (Wildman–Crippen LogP) is 3.93.